The normalized spacial score (nSPS) is 11.1. The van der Waals surface area contributed by atoms with E-state index >= 15 is 0 Å². The van der Waals surface area contributed by atoms with Crippen LogP contribution in [-0.2, 0) is 0 Å². The fraction of sp³-hybridized carbons (Fsp3) is 0.133. The number of benzene rings is 1. The molecule has 17 heavy (non-hydrogen) atoms. The molecule has 0 aliphatic rings. The van der Waals surface area contributed by atoms with Crippen LogP contribution in [0.4, 0.5) is 0 Å². The van der Waals surface area contributed by atoms with Gasteiger partial charge in [0.05, 0.1) is 5.71 Å². The Morgan fingerprint density at radius 1 is 1.29 bits per heavy atom. The molecular formula is C15H17NS. The van der Waals surface area contributed by atoms with Gasteiger partial charge in [0.2, 0.25) is 0 Å². The van der Waals surface area contributed by atoms with E-state index in [1.165, 1.54) is 17.3 Å². The monoisotopic (exact) mass is 243 g/mol. The van der Waals surface area contributed by atoms with E-state index in [1.807, 2.05) is 12.1 Å². The van der Waals surface area contributed by atoms with Gasteiger partial charge in [-0.3, -0.25) is 4.99 Å². The van der Waals surface area contributed by atoms with Crippen molar-refractivity contribution in [1.82, 2.24) is 0 Å². The molecule has 1 aromatic carbocycles. The van der Waals surface area contributed by atoms with Crippen LogP contribution in [0.1, 0.15) is 11.1 Å². The number of aliphatic imine (C=N–C) groups is 1. The molecular weight excluding hydrogens is 226 g/mol. The van der Waals surface area contributed by atoms with Crippen molar-refractivity contribution >= 4 is 17.5 Å². The minimum absolute atomic E-state index is 0.879. The van der Waals surface area contributed by atoms with Crippen molar-refractivity contribution in [2.24, 2.45) is 4.99 Å². The maximum absolute atomic E-state index is 4.33. The highest BCUT2D eigenvalue weighted by Gasteiger charge is 2.10. The van der Waals surface area contributed by atoms with Crippen LogP contribution >= 0.6 is 11.8 Å². The first-order valence-corrected chi connectivity index (χ1v) is 6.13. The Balaban J connectivity index is 3.02. The zero-order chi connectivity index (χ0) is 12.8. The van der Waals surface area contributed by atoms with Crippen molar-refractivity contribution < 1.29 is 0 Å². The quantitative estimate of drug-likeness (QED) is 0.553. The van der Waals surface area contributed by atoms with Gasteiger partial charge in [0.15, 0.2) is 0 Å². The van der Waals surface area contributed by atoms with E-state index in [2.05, 4.69) is 43.8 Å². The van der Waals surface area contributed by atoms with E-state index in [1.54, 1.807) is 13.1 Å². The van der Waals surface area contributed by atoms with Crippen molar-refractivity contribution in [3.8, 4) is 0 Å². The number of hydrogen-bond acceptors (Lipinski definition) is 2. The third-order valence-corrected chi connectivity index (χ3v) is 3.24. The standard InChI is InChI=1S/C15H17NS/c1-6-12(3)17-13(4)15(16-5)14-10-8-7-9-11(14)2/h6-10H,1,3-4H2,2,5H3. The number of aryl methyl sites for hydroxylation is 1. The molecule has 0 atom stereocenters. The Morgan fingerprint density at radius 2 is 1.94 bits per heavy atom. The minimum atomic E-state index is 0.879. The van der Waals surface area contributed by atoms with Crippen LogP contribution in [0.3, 0.4) is 0 Å². The second-order valence-electron chi connectivity index (χ2n) is 3.58. The summed E-state index contributed by atoms with van der Waals surface area (Å²) < 4.78 is 0. The number of nitrogens with zero attached hydrogens (tertiary/aromatic N) is 1. The van der Waals surface area contributed by atoms with Crippen molar-refractivity contribution in [2.75, 3.05) is 7.05 Å². The van der Waals surface area contributed by atoms with Crippen LogP contribution in [0.15, 0.2) is 64.9 Å². The number of allylic oxidation sites excluding steroid dienone is 2. The molecule has 0 N–H and O–H groups in total. The number of hydrogen-bond donors (Lipinski definition) is 0. The smallest absolute Gasteiger partial charge is 0.0779 e. The molecule has 0 heterocycles. The number of thioether (sulfide) groups is 1. The molecule has 0 aromatic heterocycles. The predicted octanol–water partition coefficient (Wildman–Crippen LogP) is 4.36. The summed E-state index contributed by atoms with van der Waals surface area (Å²) in [7, 11) is 1.78. The van der Waals surface area contributed by atoms with Crippen LogP contribution in [-0.4, -0.2) is 12.8 Å². The molecule has 0 bridgehead atoms. The van der Waals surface area contributed by atoms with Gasteiger partial charge in [-0.1, -0.05) is 61.8 Å². The zero-order valence-electron chi connectivity index (χ0n) is 10.4. The van der Waals surface area contributed by atoms with Crippen LogP contribution in [0.5, 0.6) is 0 Å². The Labute approximate surface area is 108 Å². The molecule has 0 saturated carbocycles. The summed E-state index contributed by atoms with van der Waals surface area (Å²) in [6, 6.07) is 8.15. The summed E-state index contributed by atoms with van der Waals surface area (Å²) in [4.78, 5) is 6.10. The molecule has 0 amide bonds. The first-order chi connectivity index (χ1) is 8.10. The maximum Gasteiger partial charge on any atom is 0.0779 e. The molecule has 1 rings (SSSR count). The molecule has 0 fully saturated rings. The Hall–Kier alpha value is -1.54. The summed E-state index contributed by atoms with van der Waals surface area (Å²) in [6.45, 7) is 13.7. The Morgan fingerprint density at radius 3 is 2.47 bits per heavy atom. The molecule has 1 aromatic rings. The maximum atomic E-state index is 4.33. The van der Waals surface area contributed by atoms with Crippen LogP contribution < -0.4 is 0 Å². The van der Waals surface area contributed by atoms with E-state index in [-0.39, 0.29) is 0 Å². The summed E-state index contributed by atoms with van der Waals surface area (Å²) in [5, 5.41) is 0. The fourth-order valence-corrected chi connectivity index (χ4v) is 2.18. The van der Waals surface area contributed by atoms with Crippen LogP contribution in [0.25, 0.3) is 0 Å². The van der Waals surface area contributed by atoms with Gasteiger partial charge >= 0.3 is 0 Å². The van der Waals surface area contributed by atoms with Crippen molar-refractivity contribution in [1.29, 1.82) is 0 Å². The van der Waals surface area contributed by atoms with Crippen LogP contribution in [0.2, 0.25) is 0 Å². The first kappa shape index (κ1) is 13.5. The van der Waals surface area contributed by atoms with E-state index < -0.39 is 0 Å². The molecule has 2 heteroatoms. The molecule has 0 radical (unpaired) electrons. The Bertz CT molecular complexity index is 483. The van der Waals surface area contributed by atoms with Gasteiger partial charge in [0.1, 0.15) is 0 Å². The highest BCUT2D eigenvalue weighted by atomic mass is 32.2. The highest BCUT2D eigenvalue weighted by Crippen LogP contribution is 2.27. The molecule has 0 aliphatic carbocycles. The minimum Gasteiger partial charge on any atom is -0.287 e. The SMILES string of the molecule is C=CC(=C)SC(=C)C(=NC)c1ccccc1C. The summed E-state index contributed by atoms with van der Waals surface area (Å²) in [5.74, 6) is 0. The third kappa shape index (κ3) is 3.46. The number of rotatable bonds is 5. The second-order valence-corrected chi connectivity index (χ2v) is 4.80. The van der Waals surface area contributed by atoms with Crippen molar-refractivity contribution in [3.05, 3.63) is 71.0 Å². The Kier molecular flexibility index (Phi) is 4.98. The van der Waals surface area contributed by atoms with Gasteiger partial charge in [-0.25, -0.2) is 0 Å². The zero-order valence-corrected chi connectivity index (χ0v) is 11.2. The first-order valence-electron chi connectivity index (χ1n) is 5.31. The average molecular weight is 243 g/mol. The lowest BCUT2D eigenvalue weighted by molar-refractivity contribution is 1.39. The van der Waals surface area contributed by atoms with Crippen LogP contribution in [0, 0.1) is 6.92 Å². The summed E-state index contributed by atoms with van der Waals surface area (Å²) >= 11 is 1.50. The molecule has 1 nitrogen and oxygen atoms in total. The molecule has 0 unspecified atom stereocenters. The van der Waals surface area contributed by atoms with Crippen molar-refractivity contribution in [3.63, 3.8) is 0 Å². The van der Waals surface area contributed by atoms with Gasteiger partial charge in [-0.15, -0.1) is 0 Å². The van der Waals surface area contributed by atoms with Gasteiger partial charge in [-0.05, 0) is 12.5 Å². The van der Waals surface area contributed by atoms with Gasteiger partial charge in [0, 0.05) is 22.4 Å². The lowest BCUT2D eigenvalue weighted by atomic mass is 10.0. The van der Waals surface area contributed by atoms with Gasteiger partial charge in [0.25, 0.3) is 0 Å². The van der Waals surface area contributed by atoms with E-state index in [0.29, 0.717) is 0 Å². The molecule has 0 aliphatic heterocycles. The fourth-order valence-electron chi connectivity index (χ4n) is 1.48. The van der Waals surface area contributed by atoms with E-state index in [4.69, 9.17) is 0 Å². The topological polar surface area (TPSA) is 12.4 Å². The molecule has 88 valence electrons. The van der Waals surface area contributed by atoms with Gasteiger partial charge in [-0.2, -0.15) is 0 Å². The van der Waals surface area contributed by atoms with Gasteiger partial charge < -0.3 is 0 Å². The van der Waals surface area contributed by atoms with E-state index in [9.17, 15) is 0 Å². The summed E-state index contributed by atoms with van der Waals surface area (Å²) in [5.41, 5.74) is 3.22. The van der Waals surface area contributed by atoms with E-state index in [0.717, 1.165) is 21.1 Å². The lowest BCUT2D eigenvalue weighted by Gasteiger charge is -2.11. The highest BCUT2D eigenvalue weighted by molar-refractivity contribution is 8.07. The lowest BCUT2D eigenvalue weighted by Crippen LogP contribution is -2.04. The summed E-state index contributed by atoms with van der Waals surface area (Å²) in [6.07, 6.45) is 1.72. The molecule has 0 spiro atoms. The third-order valence-electron chi connectivity index (χ3n) is 2.37. The predicted molar refractivity (Wildman–Crippen MR) is 79.7 cm³/mol. The second kappa shape index (κ2) is 6.26. The van der Waals surface area contributed by atoms with Crippen molar-refractivity contribution in [2.45, 2.75) is 6.92 Å². The molecule has 0 saturated heterocycles. The average Bonchev–Trinajstić information content (AvgIpc) is 2.32. The largest absolute Gasteiger partial charge is 0.287 e.